The molecule has 4 heteroatoms. The zero-order valence-corrected chi connectivity index (χ0v) is 13.9. The molecule has 114 valence electrons. The van der Waals surface area contributed by atoms with Crippen molar-refractivity contribution < 1.29 is 5.11 Å². The number of phenolic OH excluding ortho intramolecular Hbond substituents is 1. The normalized spacial score (nSPS) is 26.9. The van der Waals surface area contributed by atoms with Crippen LogP contribution in [-0.4, -0.2) is 41.9 Å². The van der Waals surface area contributed by atoms with E-state index in [2.05, 4.69) is 25.8 Å². The topological polar surface area (TPSA) is 35.8 Å². The number of piperidine rings is 2. The highest BCUT2D eigenvalue weighted by Gasteiger charge is 2.32. The lowest BCUT2D eigenvalue weighted by Crippen LogP contribution is -2.48. The van der Waals surface area contributed by atoms with E-state index >= 15 is 0 Å². The average Bonchev–Trinajstić information content (AvgIpc) is 2.52. The molecule has 2 heterocycles. The summed E-state index contributed by atoms with van der Waals surface area (Å²) in [6, 6.07) is 6.40. The lowest BCUT2D eigenvalue weighted by atomic mass is 9.83. The summed E-state index contributed by atoms with van der Waals surface area (Å²) in [5, 5.41) is 9.98. The SMILES string of the molecule is Oc1c(Br)cccc1C=NC[C@H]1CCCN2CCCC[C@H]12. The van der Waals surface area contributed by atoms with Gasteiger partial charge in [-0.15, -0.1) is 0 Å². The van der Waals surface area contributed by atoms with E-state index in [4.69, 9.17) is 0 Å². The lowest BCUT2D eigenvalue weighted by molar-refractivity contribution is 0.0635. The van der Waals surface area contributed by atoms with E-state index in [1.165, 1.54) is 45.2 Å². The van der Waals surface area contributed by atoms with Crippen molar-refractivity contribution in [2.24, 2.45) is 10.9 Å². The van der Waals surface area contributed by atoms with Crippen LogP contribution in [0.15, 0.2) is 27.7 Å². The molecule has 0 spiro atoms. The van der Waals surface area contributed by atoms with Crippen LogP contribution in [-0.2, 0) is 0 Å². The molecule has 1 N–H and O–H groups in total. The van der Waals surface area contributed by atoms with E-state index in [1.54, 1.807) is 0 Å². The van der Waals surface area contributed by atoms with Gasteiger partial charge >= 0.3 is 0 Å². The van der Waals surface area contributed by atoms with Crippen molar-refractivity contribution in [3.63, 3.8) is 0 Å². The van der Waals surface area contributed by atoms with Crippen LogP contribution in [0.1, 0.15) is 37.7 Å². The highest BCUT2D eigenvalue weighted by Crippen LogP contribution is 2.31. The lowest BCUT2D eigenvalue weighted by Gasteiger charge is -2.43. The van der Waals surface area contributed by atoms with Crippen molar-refractivity contribution in [2.45, 2.75) is 38.1 Å². The van der Waals surface area contributed by atoms with Gasteiger partial charge in [0.25, 0.3) is 0 Å². The molecule has 2 atom stereocenters. The molecule has 2 saturated heterocycles. The number of rotatable bonds is 3. The molecule has 2 fully saturated rings. The summed E-state index contributed by atoms with van der Waals surface area (Å²) in [7, 11) is 0. The molecule has 0 aromatic heterocycles. The number of hydrogen-bond donors (Lipinski definition) is 1. The first-order valence-corrected chi connectivity index (χ1v) is 8.76. The molecule has 3 rings (SSSR count). The predicted octanol–water partition coefficient (Wildman–Crippen LogP) is 3.84. The largest absolute Gasteiger partial charge is 0.506 e. The summed E-state index contributed by atoms with van der Waals surface area (Å²) in [6.45, 7) is 3.43. The van der Waals surface area contributed by atoms with E-state index in [1.807, 2.05) is 24.4 Å². The van der Waals surface area contributed by atoms with E-state index < -0.39 is 0 Å². The highest BCUT2D eigenvalue weighted by atomic mass is 79.9. The maximum atomic E-state index is 9.98. The number of fused-ring (bicyclic) bond motifs is 1. The maximum absolute atomic E-state index is 9.98. The number of phenols is 1. The predicted molar refractivity (Wildman–Crippen MR) is 90.2 cm³/mol. The number of para-hydroxylation sites is 1. The van der Waals surface area contributed by atoms with Gasteiger partial charge in [-0.1, -0.05) is 12.5 Å². The summed E-state index contributed by atoms with van der Waals surface area (Å²) >= 11 is 3.34. The van der Waals surface area contributed by atoms with Gasteiger partial charge in [0.15, 0.2) is 0 Å². The number of benzene rings is 1. The van der Waals surface area contributed by atoms with Crippen molar-refractivity contribution in [3.05, 3.63) is 28.2 Å². The van der Waals surface area contributed by atoms with Crippen LogP contribution in [0.25, 0.3) is 0 Å². The van der Waals surface area contributed by atoms with Crippen molar-refractivity contribution in [1.29, 1.82) is 0 Å². The molecule has 2 aliphatic heterocycles. The summed E-state index contributed by atoms with van der Waals surface area (Å²) in [5.74, 6) is 0.966. The van der Waals surface area contributed by atoms with Crippen LogP contribution >= 0.6 is 15.9 Å². The van der Waals surface area contributed by atoms with E-state index in [0.717, 1.165) is 22.6 Å². The first kappa shape index (κ1) is 15.0. The third-order valence-electron chi connectivity index (χ3n) is 4.82. The van der Waals surface area contributed by atoms with Gasteiger partial charge in [0, 0.05) is 24.4 Å². The van der Waals surface area contributed by atoms with Crippen LogP contribution in [0.2, 0.25) is 0 Å². The van der Waals surface area contributed by atoms with Gasteiger partial charge in [-0.3, -0.25) is 4.99 Å². The summed E-state index contributed by atoms with van der Waals surface area (Å²) < 4.78 is 0.725. The second-order valence-corrected chi connectivity index (χ2v) is 7.03. The van der Waals surface area contributed by atoms with Crippen molar-refractivity contribution in [1.82, 2.24) is 4.90 Å². The van der Waals surface area contributed by atoms with Crippen LogP contribution < -0.4 is 0 Å². The minimum Gasteiger partial charge on any atom is -0.506 e. The first-order valence-electron chi connectivity index (χ1n) is 7.97. The van der Waals surface area contributed by atoms with Gasteiger partial charge < -0.3 is 10.0 Å². The highest BCUT2D eigenvalue weighted by molar-refractivity contribution is 9.10. The third kappa shape index (κ3) is 3.49. The molecule has 1 aromatic carbocycles. The van der Waals surface area contributed by atoms with Crippen LogP contribution in [0.4, 0.5) is 0 Å². The minimum absolute atomic E-state index is 0.282. The van der Waals surface area contributed by atoms with E-state index in [0.29, 0.717) is 5.92 Å². The standard InChI is InChI=1S/C17H23BrN2O/c18-15-7-3-5-14(17(15)21)12-19-11-13-6-4-10-20-9-2-1-8-16(13)20/h3,5,7,12-13,16,21H,1-2,4,6,8-11H2/t13-,16-/m1/s1. The maximum Gasteiger partial charge on any atom is 0.138 e. The van der Waals surface area contributed by atoms with Gasteiger partial charge in [0.2, 0.25) is 0 Å². The second-order valence-electron chi connectivity index (χ2n) is 6.17. The molecule has 0 amide bonds. The molecule has 0 radical (unpaired) electrons. The van der Waals surface area contributed by atoms with Crippen molar-refractivity contribution in [2.75, 3.05) is 19.6 Å². The molecule has 1 aromatic rings. The van der Waals surface area contributed by atoms with Gasteiger partial charge in [-0.05, 0) is 72.8 Å². The second kappa shape index (κ2) is 6.93. The van der Waals surface area contributed by atoms with E-state index in [9.17, 15) is 5.11 Å². The summed E-state index contributed by atoms with van der Waals surface area (Å²) in [6.07, 6.45) is 8.48. The van der Waals surface area contributed by atoms with Gasteiger partial charge in [0.05, 0.1) is 4.47 Å². The molecular weight excluding hydrogens is 328 g/mol. The zero-order valence-electron chi connectivity index (χ0n) is 12.3. The van der Waals surface area contributed by atoms with Crippen LogP contribution in [0.3, 0.4) is 0 Å². The van der Waals surface area contributed by atoms with Crippen LogP contribution in [0.5, 0.6) is 5.75 Å². The Bertz CT molecular complexity index is 516. The molecule has 2 aliphatic rings. The number of nitrogens with zero attached hydrogens (tertiary/aromatic N) is 2. The molecule has 0 aliphatic carbocycles. The zero-order chi connectivity index (χ0) is 14.7. The molecule has 3 nitrogen and oxygen atoms in total. The molecule has 21 heavy (non-hydrogen) atoms. The van der Waals surface area contributed by atoms with Crippen LogP contribution in [0, 0.1) is 5.92 Å². The summed E-state index contributed by atoms with van der Waals surface area (Å²) in [5.41, 5.74) is 0.792. The third-order valence-corrected chi connectivity index (χ3v) is 5.46. The number of aliphatic imine (C=N–C) groups is 1. The summed E-state index contributed by atoms with van der Waals surface area (Å²) in [4.78, 5) is 7.30. The Balaban J connectivity index is 1.63. The number of aromatic hydroxyl groups is 1. The average molecular weight is 351 g/mol. The molecule has 0 unspecified atom stereocenters. The fourth-order valence-electron chi connectivity index (χ4n) is 3.71. The number of hydrogen-bond acceptors (Lipinski definition) is 3. The Morgan fingerprint density at radius 3 is 3.00 bits per heavy atom. The van der Waals surface area contributed by atoms with Crippen molar-refractivity contribution >= 4 is 22.1 Å². The fraction of sp³-hybridized carbons (Fsp3) is 0.588. The Labute approximate surface area is 135 Å². The fourth-order valence-corrected chi connectivity index (χ4v) is 4.09. The van der Waals surface area contributed by atoms with E-state index in [-0.39, 0.29) is 5.75 Å². The molecular formula is C17H23BrN2O. The monoisotopic (exact) mass is 350 g/mol. The Morgan fingerprint density at radius 2 is 2.10 bits per heavy atom. The molecule has 0 saturated carbocycles. The van der Waals surface area contributed by atoms with Gasteiger partial charge in [0.1, 0.15) is 5.75 Å². The Kier molecular flexibility index (Phi) is 4.96. The smallest absolute Gasteiger partial charge is 0.138 e. The first-order chi connectivity index (χ1) is 10.3. The van der Waals surface area contributed by atoms with Gasteiger partial charge in [-0.25, -0.2) is 0 Å². The quantitative estimate of drug-likeness (QED) is 0.840. The van der Waals surface area contributed by atoms with Gasteiger partial charge in [-0.2, -0.15) is 0 Å². The van der Waals surface area contributed by atoms with Crippen molar-refractivity contribution in [3.8, 4) is 5.75 Å². The Hall–Kier alpha value is -0.870. The minimum atomic E-state index is 0.282. The molecule has 0 bridgehead atoms. The Morgan fingerprint density at radius 1 is 1.24 bits per heavy atom. The number of halogens is 1.